The number of aryl methyl sites for hydroxylation is 1. The van der Waals surface area contributed by atoms with Crippen LogP contribution < -0.4 is 4.74 Å². The summed E-state index contributed by atoms with van der Waals surface area (Å²) < 4.78 is 5.60. The second kappa shape index (κ2) is 8.64. The van der Waals surface area contributed by atoms with Crippen LogP contribution in [0.3, 0.4) is 0 Å². The van der Waals surface area contributed by atoms with Crippen molar-refractivity contribution in [3.05, 3.63) is 51.2 Å². The van der Waals surface area contributed by atoms with Gasteiger partial charge >= 0.3 is 0 Å². The standard InChI is InChI=1S/C22H29N3O2S/c1-17-6-12-28-21(17)15-23(2)22(26)16-25-9-7-24(8-10-25)14-18-3-4-20-19(13-18)5-11-27-20/h3-4,6,12-13H,5,7-11,14-16H2,1-2H3. The second-order valence-corrected chi connectivity index (χ2v) is 8.87. The molecule has 0 saturated carbocycles. The number of amides is 1. The van der Waals surface area contributed by atoms with Crippen molar-refractivity contribution >= 4 is 17.2 Å². The lowest BCUT2D eigenvalue weighted by Gasteiger charge is -2.35. The predicted octanol–water partition coefficient (Wildman–Crippen LogP) is 2.77. The average Bonchev–Trinajstić information content (AvgIpc) is 3.32. The van der Waals surface area contributed by atoms with E-state index in [1.807, 2.05) is 11.9 Å². The lowest BCUT2D eigenvalue weighted by atomic mass is 10.1. The number of hydrogen-bond acceptors (Lipinski definition) is 5. The highest BCUT2D eigenvalue weighted by Crippen LogP contribution is 2.26. The highest BCUT2D eigenvalue weighted by Gasteiger charge is 2.21. The molecule has 1 fully saturated rings. The van der Waals surface area contributed by atoms with Crippen molar-refractivity contribution in [3.8, 4) is 5.75 Å². The smallest absolute Gasteiger partial charge is 0.236 e. The second-order valence-electron chi connectivity index (χ2n) is 7.87. The third-order valence-corrected chi connectivity index (χ3v) is 6.77. The lowest BCUT2D eigenvalue weighted by molar-refractivity contribution is -0.132. The number of rotatable bonds is 6. The third-order valence-electron chi connectivity index (χ3n) is 5.76. The number of carbonyl (C=O) groups excluding carboxylic acids is 1. The first kappa shape index (κ1) is 19.4. The van der Waals surface area contributed by atoms with Crippen LogP contribution in [0.25, 0.3) is 0 Å². The van der Waals surface area contributed by atoms with Gasteiger partial charge in [-0.3, -0.25) is 14.6 Å². The Hall–Kier alpha value is -1.89. The largest absolute Gasteiger partial charge is 0.493 e. The van der Waals surface area contributed by atoms with E-state index >= 15 is 0 Å². The Morgan fingerprint density at radius 3 is 2.71 bits per heavy atom. The fourth-order valence-corrected chi connectivity index (χ4v) is 4.84. The van der Waals surface area contributed by atoms with Crippen molar-refractivity contribution in [1.29, 1.82) is 0 Å². The molecule has 0 spiro atoms. The molecule has 0 N–H and O–H groups in total. The highest BCUT2D eigenvalue weighted by atomic mass is 32.1. The number of carbonyl (C=O) groups is 1. The van der Waals surface area contributed by atoms with E-state index in [9.17, 15) is 4.79 Å². The SMILES string of the molecule is Cc1ccsc1CN(C)C(=O)CN1CCN(Cc2ccc3c(c2)CCO3)CC1. The minimum Gasteiger partial charge on any atom is -0.493 e. The highest BCUT2D eigenvalue weighted by molar-refractivity contribution is 7.10. The molecular formula is C22H29N3O2S. The molecule has 0 atom stereocenters. The number of piperazine rings is 1. The van der Waals surface area contributed by atoms with Crippen LogP contribution in [0.4, 0.5) is 0 Å². The summed E-state index contributed by atoms with van der Waals surface area (Å²) in [5.41, 5.74) is 3.97. The summed E-state index contributed by atoms with van der Waals surface area (Å²) in [5, 5.41) is 2.09. The van der Waals surface area contributed by atoms with E-state index in [4.69, 9.17) is 4.74 Å². The fraction of sp³-hybridized carbons (Fsp3) is 0.500. The van der Waals surface area contributed by atoms with Crippen LogP contribution in [0.5, 0.6) is 5.75 Å². The molecular weight excluding hydrogens is 370 g/mol. The summed E-state index contributed by atoms with van der Waals surface area (Å²) in [6, 6.07) is 8.70. The summed E-state index contributed by atoms with van der Waals surface area (Å²) in [4.78, 5) is 20.5. The maximum absolute atomic E-state index is 12.6. The van der Waals surface area contributed by atoms with Crippen molar-refractivity contribution in [2.45, 2.75) is 26.4 Å². The minimum atomic E-state index is 0.208. The molecule has 1 aromatic carbocycles. The van der Waals surface area contributed by atoms with Crippen molar-refractivity contribution in [1.82, 2.24) is 14.7 Å². The first-order chi connectivity index (χ1) is 13.6. The Morgan fingerprint density at radius 2 is 1.96 bits per heavy atom. The van der Waals surface area contributed by atoms with Gasteiger partial charge in [0, 0.05) is 51.1 Å². The molecule has 3 heterocycles. The van der Waals surface area contributed by atoms with Crippen LogP contribution in [0.2, 0.25) is 0 Å². The maximum atomic E-state index is 12.6. The topological polar surface area (TPSA) is 36.0 Å². The van der Waals surface area contributed by atoms with E-state index in [1.165, 1.54) is 21.6 Å². The van der Waals surface area contributed by atoms with Crippen LogP contribution in [0.1, 0.15) is 21.6 Å². The lowest BCUT2D eigenvalue weighted by Crippen LogP contribution is -2.49. The van der Waals surface area contributed by atoms with E-state index in [0.717, 1.165) is 51.5 Å². The van der Waals surface area contributed by atoms with Crippen molar-refractivity contribution < 1.29 is 9.53 Å². The van der Waals surface area contributed by atoms with Gasteiger partial charge in [0.15, 0.2) is 0 Å². The molecule has 1 saturated heterocycles. The van der Waals surface area contributed by atoms with Gasteiger partial charge in [0.1, 0.15) is 5.75 Å². The van der Waals surface area contributed by atoms with Gasteiger partial charge in [0.2, 0.25) is 5.91 Å². The van der Waals surface area contributed by atoms with Gasteiger partial charge in [-0.15, -0.1) is 11.3 Å². The van der Waals surface area contributed by atoms with Crippen molar-refractivity contribution in [2.75, 3.05) is 46.4 Å². The Labute approximate surface area is 171 Å². The van der Waals surface area contributed by atoms with E-state index < -0.39 is 0 Å². The zero-order valence-electron chi connectivity index (χ0n) is 16.8. The van der Waals surface area contributed by atoms with Crippen LogP contribution in [0, 0.1) is 6.92 Å². The number of fused-ring (bicyclic) bond motifs is 1. The van der Waals surface area contributed by atoms with Gasteiger partial charge in [-0.2, -0.15) is 0 Å². The Kier molecular flexibility index (Phi) is 5.99. The monoisotopic (exact) mass is 399 g/mol. The van der Waals surface area contributed by atoms with Crippen molar-refractivity contribution in [2.24, 2.45) is 0 Å². The van der Waals surface area contributed by atoms with Crippen LogP contribution >= 0.6 is 11.3 Å². The molecule has 0 aliphatic carbocycles. The van der Waals surface area contributed by atoms with Gasteiger partial charge < -0.3 is 9.64 Å². The van der Waals surface area contributed by atoms with Gasteiger partial charge in [-0.05, 0) is 41.1 Å². The molecule has 2 aliphatic heterocycles. The summed E-state index contributed by atoms with van der Waals surface area (Å²) in [5.74, 6) is 1.26. The molecule has 150 valence electrons. The Morgan fingerprint density at radius 1 is 1.18 bits per heavy atom. The summed E-state index contributed by atoms with van der Waals surface area (Å²) in [6.45, 7) is 9.05. The minimum absolute atomic E-state index is 0.208. The van der Waals surface area contributed by atoms with E-state index in [-0.39, 0.29) is 5.91 Å². The first-order valence-electron chi connectivity index (χ1n) is 10.0. The molecule has 6 heteroatoms. The molecule has 0 radical (unpaired) electrons. The summed E-state index contributed by atoms with van der Waals surface area (Å²) >= 11 is 1.73. The molecule has 5 nitrogen and oxygen atoms in total. The molecule has 4 rings (SSSR count). The number of thiophene rings is 1. The van der Waals surface area contributed by atoms with Gasteiger partial charge in [-0.25, -0.2) is 0 Å². The van der Waals surface area contributed by atoms with E-state index in [0.29, 0.717) is 13.1 Å². The maximum Gasteiger partial charge on any atom is 0.236 e. The van der Waals surface area contributed by atoms with E-state index in [1.54, 1.807) is 11.3 Å². The van der Waals surface area contributed by atoms with Crippen LogP contribution in [-0.4, -0.2) is 67.0 Å². The first-order valence-corrected chi connectivity index (χ1v) is 10.9. The van der Waals surface area contributed by atoms with Gasteiger partial charge in [0.25, 0.3) is 0 Å². The summed E-state index contributed by atoms with van der Waals surface area (Å²) in [6.07, 6.45) is 1.03. The third kappa shape index (κ3) is 4.57. The van der Waals surface area contributed by atoms with Crippen molar-refractivity contribution in [3.63, 3.8) is 0 Å². The Bertz CT molecular complexity index is 827. The number of nitrogens with zero attached hydrogens (tertiary/aromatic N) is 3. The average molecular weight is 400 g/mol. The number of benzene rings is 1. The quantitative estimate of drug-likeness (QED) is 0.748. The zero-order chi connectivity index (χ0) is 19.5. The molecule has 28 heavy (non-hydrogen) atoms. The normalized spacial score (nSPS) is 17.4. The molecule has 1 aromatic heterocycles. The van der Waals surface area contributed by atoms with Gasteiger partial charge in [0.05, 0.1) is 19.7 Å². The number of ether oxygens (including phenoxy) is 1. The van der Waals surface area contributed by atoms with Crippen LogP contribution in [-0.2, 0) is 24.3 Å². The fourth-order valence-electron chi connectivity index (χ4n) is 3.88. The predicted molar refractivity (Wildman–Crippen MR) is 113 cm³/mol. The molecule has 2 aliphatic rings. The molecule has 0 bridgehead atoms. The number of hydrogen-bond donors (Lipinski definition) is 0. The molecule has 1 amide bonds. The Balaban J connectivity index is 1.23. The van der Waals surface area contributed by atoms with Gasteiger partial charge in [-0.1, -0.05) is 12.1 Å². The summed E-state index contributed by atoms with van der Waals surface area (Å²) in [7, 11) is 1.91. The molecule has 2 aromatic rings. The molecule has 0 unspecified atom stereocenters. The zero-order valence-corrected chi connectivity index (χ0v) is 17.6. The van der Waals surface area contributed by atoms with E-state index in [2.05, 4.69) is 46.4 Å². The van der Waals surface area contributed by atoms with Crippen LogP contribution in [0.15, 0.2) is 29.6 Å². The number of likely N-dealkylation sites (N-methyl/N-ethyl adjacent to an activating group) is 1.